The quantitative estimate of drug-likeness (QED) is 0.714. The van der Waals surface area contributed by atoms with Crippen molar-refractivity contribution in [1.29, 1.82) is 0 Å². The summed E-state index contributed by atoms with van der Waals surface area (Å²) in [7, 11) is -2.74. The van der Waals surface area contributed by atoms with E-state index in [1.807, 2.05) is 0 Å². The van der Waals surface area contributed by atoms with Crippen molar-refractivity contribution in [3.05, 3.63) is 0 Å². The molecular weight excluding hydrogens is 198 g/mol. The van der Waals surface area contributed by atoms with Crippen molar-refractivity contribution in [3.8, 4) is 0 Å². The van der Waals surface area contributed by atoms with Crippen molar-refractivity contribution in [3.63, 3.8) is 0 Å². The fourth-order valence-corrected chi connectivity index (χ4v) is 3.05. The monoisotopic (exact) mass is 219 g/mol. The summed E-state index contributed by atoms with van der Waals surface area (Å²) < 4.78 is 22.7. The molecule has 0 bridgehead atoms. The van der Waals surface area contributed by atoms with Crippen molar-refractivity contribution in [1.82, 2.24) is 4.90 Å². The van der Waals surface area contributed by atoms with Gasteiger partial charge in [-0.25, -0.2) is 8.42 Å². The molecular formula is C10H21NO2S. The molecule has 1 atom stereocenters. The molecule has 1 aliphatic heterocycles. The van der Waals surface area contributed by atoms with Crippen LogP contribution in [-0.4, -0.2) is 44.5 Å². The van der Waals surface area contributed by atoms with Crippen LogP contribution in [0.1, 0.15) is 26.7 Å². The molecule has 0 saturated carbocycles. The van der Waals surface area contributed by atoms with E-state index in [0.29, 0.717) is 17.4 Å². The van der Waals surface area contributed by atoms with Gasteiger partial charge in [-0.3, -0.25) is 0 Å². The van der Waals surface area contributed by atoms with Gasteiger partial charge in [-0.1, -0.05) is 20.3 Å². The normalized spacial score (nSPS) is 25.6. The van der Waals surface area contributed by atoms with Crippen LogP contribution in [-0.2, 0) is 9.84 Å². The number of nitrogens with zero attached hydrogens (tertiary/aromatic N) is 1. The SMILES string of the molecule is CCC(C)CN1CCCS(=O)(=O)CC1. The third-order valence-corrected chi connectivity index (χ3v) is 4.63. The molecule has 1 aliphatic rings. The van der Waals surface area contributed by atoms with E-state index < -0.39 is 9.84 Å². The van der Waals surface area contributed by atoms with Gasteiger partial charge in [0.25, 0.3) is 0 Å². The molecule has 3 nitrogen and oxygen atoms in total. The lowest BCUT2D eigenvalue weighted by Crippen LogP contribution is -2.31. The highest BCUT2D eigenvalue weighted by Crippen LogP contribution is 2.09. The highest BCUT2D eigenvalue weighted by Gasteiger charge is 2.19. The maximum Gasteiger partial charge on any atom is 0.151 e. The van der Waals surface area contributed by atoms with Crippen LogP contribution in [0.2, 0.25) is 0 Å². The minimum absolute atomic E-state index is 0.351. The summed E-state index contributed by atoms with van der Waals surface area (Å²) in [6.07, 6.45) is 1.97. The van der Waals surface area contributed by atoms with Gasteiger partial charge < -0.3 is 4.90 Å². The molecule has 1 saturated heterocycles. The summed E-state index contributed by atoms with van der Waals surface area (Å²) in [5.41, 5.74) is 0. The average Bonchev–Trinajstić information content (AvgIpc) is 2.28. The highest BCUT2D eigenvalue weighted by molar-refractivity contribution is 7.91. The van der Waals surface area contributed by atoms with Crippen LogP contribution in [0, 0.1) is 5.92 Å². The van der Waals surface area contributed by atoms with Crippen molar-refractivity contribution < 1.29 is 8.42 Å². The summed E-state index contributed by atoms with van der Waals surface area (Å²) >= 11 is 0. The third-order valence-electron chi connectivity index (χ3n) is 2.91. The third kappa shape index (κ3) is 3.96. The molecule has 1 heterocycles. The van der Waals surface area contributed by atoms with Crippen molar-refractivity contribution in [2.24, 2.45) is 5.92 Å². The lowest BCUT2D eigenvalue weighted by atomic mass is 10.1. The molecule has 0 aromatic carbocycles. The number of sulfone groups is 1. The lowest BCUT2D eigenvalue weighted by molar-refractivity contribution is 0.251. The second-order valence-electron chi connectivity index (χ2n) is 4.32. The summed E-state index contributed by atoms with van der Waals surface area (Å²) in [5, 5.41) is 0. The van der Waals surface area contributed by atoms with Crippen molar-refractivity contribution >= 4 is 9.84 Å². The smallest absolute Gasteiger partial charge is 0.151 e. The Hall–Kier alpha value is -0.0900. The fourth-order valence-electron chi connectivity index (χ4n) is 1.74. The number of hydrogen-bond acceptors (Lipinski definition) is 3. The van der Waals surface area contributed by atoms with Crippen LogP contribution in [0.25, 0.3) is 0 Å². The van der Waals surface area contributed by atoms with Crippen molar-refractivity contribution in [2.45, 2.75) is 26.7 Å². The van der Waals surface area contributed by atoms with Gasteiger partial charge in [-0.2, -0.15) is 0 Å². The van der Waals surface area contributed by atoms with Gasteiger partial charge in [0.2, 0.25) is 0 Å². The van der Waals surface area contributed by atoms with Crippen LogP contribution in [0.5, 0.6) is 0 Å². The molecule has 0 aromatic heterocycles. The van der Waals surface area contributed by atoms with Crippen LogP contribution in [0.3, 0.4) is 0 Å². The molecule has 0 aromatic rings. The van der Waals surface area contributed by atoms with E-state index in [2.05, 4.69) is 18.7 Å². The van der Waals surface area contributed by atoms with Crippen LogP contribution >= 0.6 is 0 Å². The van der Waals surface area contributed by atoms with Gasteiger partial charge >= 0.3 is 0 Å². The minimum Gasteiger partial charge on any atom is -0.302 e. The molecule has 0 N–H and O–H groups in total. The van der Waals surface area contributed by atoms with E-state index in [9.17, 15) is 8.42 Å². The van der Waals surface area contributed by atoms with E-state index in [0.717, 1.165) is 26.1 Å². The van der Waals surface area contributed by atoms with E-state index in [1.54, 1.807) is 0 Å². The van der Waals surface area contributed by atoms with Gasteiger partial charge in [0, 0.05) is 13.1 Å². The maximum absolute atomic E-state index is 11.3. The first-order chi connectivity index (χ1) is 6.53. The second-order valence-corrected chi connectivity index (χ2v) is 6.62. The Morgan fingerprint density at radius 3 is 2.64 bits per heavy atom. The maximum atomic E-state index is 11.3. The average molecular weight is 219 g/mol. The molecule has 1 rings (SSSR count). The van der Waals surface area contributed by atoms with E-state index in [4.69, 9.17) is 0 Å². The zero-order valence-corrected chi connectivity index (χ0v) is 10.0. The summed E-state index contributed by atoms with van der Waals surface area (Å²) in [6, 6.07) is 0. The zero-order chi connectivity index (χ0) is 10.6. The Morgan fingerprint density at radius 2 is 2.00 bits per heavy atom. The fraction of sp³-hybridized carbons (Fsp3) is 1.00. The van der Waals surface area contributed by atoms with Gasteiger partial charge in [0.1, 0.15) is 0 Å². The molecule has 0 spiro atoms. The Kier molecular flexibility index (Phi) is 4.38. The van der Waals surface area contributed by atoms with E-state index in [-0.39, 0.29) is 0 Å². The van der Waals surface area contributed by atoms with Gasteiger partial charge in [-0.15, -0.1) is 0 Å². The van der Waals surface area contributed by atoms with Crippen LogP contribution < -0.4 is 0 Å². The minimum atomic E-state index is -2.74. The number of hydrogen-bond donors (Lipinski definition) is 0. The Bertz CT molecular complexity index is 261. The molecule has 4 heteroatoms. The molecule has 1 fully saturated rings. The topological polar surface area (TPSA) is 37.4 Å². The number of rotatable bonds is 3. The molecule has 0 amide bonds. The highest BCUT2D eigenvalue weighted by atomic mass is 32.2. The molecule has 1 unspecified atom stereocenters. The molecule has 14 heavy (non-hydrogen) atoms. The second kappa shape index (κ2) is 5.12. The Morgan fingerprint density at radius 1 is 1.29 bits per heavy atom. The summed E-state index contributed by atoms with van der Waals surface area (Å²) in [6.45, 7) is 7.13. The first-order valence-corrected chi connectivity index (χ1v) is 7.28. The van der Waals surface area contributed by atoms with Crippen molar-refractivity contribution in [2.75, 3.05) is 31.1 Å². The molecule has 84 valence electrons. The predicted octanol–water partition coefficient (Wildman–Crippen LogP) is 1.15. The standard InChI is InChI=1S/C10H21NO2S/c1-3-10(2)9-11-5-4-7-14(12,13)8-6-11/h10H,3-9H2,1-2H3. The largest absolute Gasteiger partial charge is 0.302 e. The van der Waals surface area contributed by atoms with Gasteiger partial charge in [0.15, 0.2) is 9.84 Å². The van der Waals surface area contributed by atoms with Gasteiger partial charge in [0.05, 0.1) is 11.5 Å². The van der Waals surface area contributed by atoms with Crippen LogP contribution in [0.4, 0.5) is 0 Å². The Balaban J connectivity index is 2.42. The van der Waals surface area contributed by atoms with Gasteiger partial charge in [-0.05, 0) is 18.9 Å². The molecule has 0 radical (unpaired) electrons. The first-order valence-electron chi connectivity index (χ1n) is 5.46. The zero-order valence-electron chi connectivity index (χ0n) is 9.20. The summed E-state index contributed by atoms with van der Waals surface area (Å²) in [4.78, 5) is 2.29. The van der Waals surface area contributed by atoms with E-state index >= 15 is 0 Å². The summed E-state index contributed by atoms with van der Waals surface area (Å²) in [5.74, 6) is 1.41. The lowest BCUT2D eigenvalue weighted by Gasteiger charge is -2.22. The first kappa shape index (κ1) is 12.0. The Labute approximate surface area is 87.4 Å². The van der Waals surface area contributed by atoms with E-state index in [1.165, 1.54) is 6.42 Å². The molecule has 0 aliphatic carbocycles. The van der Waals surface area contributed by atoms with Crippen LogP contribution in [0.15, 0.2) is 0 Å². The predicted molar refractivity (Wildman–Crippen MR) is 59.2 cm³/mol.